The van der Waals surface area contributed by atoms with E-state index in [-0.39, 0.29) is 5.70 Å². The first kappa shape index (κ1) is 15.8. The van der Waals surface area contributed by atoms with E-state index >= 15 is 0 Å². The molecule has 0 bridgehead atoms. The van der Waals surface area contributed by atoms with Crippen LogP contribution < -0.4 is 15.4 Å². The van der Waals surface area contributed by atoms with Gasteiger partial charge >= 0.3 is 6.03 Å². The van der Waals surface area contributed by atoms with E-state index in [0.717, 1.165) is 24.2 Å². The minimum Gasteiger partial charge on any atom is -0.494 e. The van der Waals surface area contributed by atoms with E-state index < -0.39 is 11.9 Å². The summed E-state index contributed by atoms with van der Waals surface area (Å²) >= 11 is 0. The van der Waals surface area contributed by atoms with Crippen molar-refractivity contribution in [3.8, 4) is 5.75 Å². The Kier molecular flexibility index (Phi) is 4.91. The summed E-state index contributed by atoms with van der Waals surface area (Å²) in [5.74, 6) is 0.316. The second-order valence-corrected chi connectivity index (χ2v) is 5.48. The fourth-order valence-corrected chi connectivity index (χ4v) is 2.45. The van der Waals surface area contributed by atoms with Gasteiger partial charge in [-0.2, -0.15) is 0 Å². The zero-order chi connectivity index (χ0) is 16.8. The van der Waals surface area contributed by atoms with Gasteiger partial charge in [0.2, 0.25) is 0 Å². The molecule has 1 aliphatic heterocycles. The number of carbonyl (C=O) groups is 2. The summed E-state index contributed by atoms with van der Waals surface area (Å²) in [6, 6.07) is 17.2. The predicted octanol–water partition coefficient (Wildman–Crippen LogP) is 2.88. The number of ether oxygens (including phenoxy) is 1. The molecule has 5 heteroatoms. The van der Waals surface area contributed by atoms with E-state index in [0.29, 0.717) is 6.61 Å². The van der Waals surface area contributed by atoms with Crippen LogP contribution in [0.25, 0.3) is 6.08 Å². The first-order valence-electron chi connectivity index (χ1n) is 7.81. The van der Waals surface area contributed by atoms with Crippen molar-refractivity contribution in [2.75, 3.05) is 6.61 Å². The Labute approximate surface area is 140 Å². The second-order valence-electron chi connectivity index (χ2n) is 5.48. The molecule has 0 atom stereocenters. The number of carbonyl (C=O) groups excluding carboxylic acids is 2. The summed E-state index contributed by atoms with van der Waals surface area (Å²) in [5, 5.41) is 4.63. The van der Waals surface area contributed by atoms with Crippen LogP contribution in [-0.2, 0) is 11.2 Å². The largest absolute Gasteiger partial charge is 0.494 e. The smallest absolute Gasteiger partial charge is 0.326 e. The number of benzene rings is 2. The molecule has 1 saturated heterocycles. The number of rotatable bonds is 6. The monoisotopic (exact) mass is 322 g/mol. The van der Waals surface area contributed by atoms with Crippen LogP contribution in [0.2, 0.25) is 0 Å². The molecule has 3 amide bonds. The van der Waals surface area contributed by atoms with Gasteiger partial charge in [-0.3, -0.25) is 10.1 Å². The Balaban J connectivity index is 1.55. The summed E-state index contributed by atoms with van der Waals surface area (Å²) in [6.45, 7) is 0.617. The summed E-state index contributed by atoms with van der Waals surface area (Å²) < 4.78 is 5.76. The molecule has 1 heterocycles. The van der Waals surface area contributed by atoms with Crippen LogP contribution in [0.3, 0.4) is 0 Å². The first-order valence-corrected chi connectivity index (χ1v) is 7.81. The highest BCUT2D eigenvalue weighted by Crippen LogP contribution is 2.17. The van der Waals surface area contributed by atoms with Gasteiger partial charge in [-0.15, -0.1) is 0 Å². The Hall–Kier alpha value is -3.08. The average molecular weight is 322 g/mol. The maximum absolute atomic E-state index is 11.5. The summed E-state index contributed by atoms with van der Waals surface area (Å²) in [7, 11) is 0. The zero-order valence-electron chi connectivity index (χ0n) is 13.1. The molecule has 0 unspecified atom stereocenters. The lowest BCUT2D eigenvalue weighted by atomic mass is 10.1. The maximum atomic E-state index is 11.5. The van der Waals surface area contributed by atoms with E-state index in [9.17, 15) is 9.59 Å². The molecule has 0 spiro atoms. The van der Waals surface area contributed by atoms with Crippen LogP contribution in [0.15, 0.2) is 60.3 Å². The third-order valence-electron chi connectivity index (χ3n) is 3.61. The second kappa shape index (κ2) is 7.46. The molecule has 2 N–H and O–H groups in total. The SMILES string of the molecule is O=C1NC(=O)/C(=C/c2cccc(OCCCc3ccccc3)c2)N1. The molecule has 24 heavy (non-hydrogen) atoms. The molecule has 122 valence electrons. The zero-order valence-corrected chi connectivity index (χ0v) is 13.1. The van der Waals surface area contributed by atoms with Gasteiger partial charge in [0.1, 0.15) is 11.4 Å². The van der Waals surface area contributed by atoms with E-state index in [4.69, 9.17) is 4.74 Å². The van der Waals surface area contributed by atoms with E-state index in [1.807, 2.05) is 42.5 Å². The summed E-state index contributed by atoms with van der Waals surface area (Å²) in [6.07, 6.45) is 3.52. The van der Waals surface area contributed by atoms with E-state index in [2.05, 4.69) is 22.8 Å². The van der Waals surface area contributed by atoms with Crippen molar-refractivity contribution in [3.63, 3.8) is 0 Å². The molecule has 1 aliphatic rings. The lowest BCUT2D eigenvalue weighted by Crippen LogP contribution is -2.22. The third kappa shape index (κ3) is 4.23. The number of amides is 3. The van der Waals surface area contributed by atoms with Crippen molar-refractivity contribution in [1.29, 1.82) is 0 Å². The van der Waals surface area contributed by atoms with Gasteiger partial charge in [0.05, 0.1) is 6.61 Å². The number of nitrogens with one attached hydrogen (secondary N) is 2. The predicted molar refractivity (Wildman–Crippen MR) is 91.4 cm³/mol. The number of hydrogen-bond acceptors (Lipinski definition) is 3. The van der Waals surface area contributed by atoms with Crippen LogP contribution in [0, 0.1) is 0 Å². The van der Waals surface area contributed by atoms with Crippen LogP contribution >= 0.6 is 0 Å². The molecule has 2 aromatic carbocycles. The van der Waals surface area contributed by atoms with Gasteiger partial charge in [0.15, 0.2) is 0 Å². The number of aryl methyl sites for hydroxylation is 1. The Morgan fingerprint density at radius 3 is 2.54 bits per heavy atom. The van der Waals surface area contributed by atoms with Crippen LogP contribution in [-0.4, -0.2) is 18.5 Å². The standard InChI is InChI=1S/C19H18N2O3/c22-18-17(20-19(23)21-18)13-15-8-4-10-16(12-15)24-11-5-9-14-6-2-1-3-7-14/h1-4,6-8,10,12-13H,5,9,11H2,(H2,20,21,22,23)/b17-13-. The van der Waals surface area contributed by atoms with Gasteiger partial charge in [-0.1, -0.05) is 42.5 Å². The molecule has 3 rings (SSSR count). The molecule has 1 fully saturated rings. The van der Waals surface area contributed by atoms with Crippen LogP contribution in [0.4, 0.5) is 4.79 Å². The molecule has 2 aromatic rings. The minimum absolute atomic E-state index is 0.237. The van der Waals surface area contributed by atoms with Gasteiger partial charge in [0, 0.05) is 0 Å². The highest BCUT2D eigenvalue weighted by Gasteiger charge is 2.22. The van der Waals surface area contributed by atoms with Gasteiger partial charge in [-0.25, -0.2) is 4.79 Å². The Bertz CT molecular complexity index is 769. The average Bonchev–Trinajstić information content (AvgIpc) is 2.90. The fourth-order valence-electron chi connectivity index (χ4n) is 2.45. The van der Waals surface area contributed by atoms with E-state index in [1.165, 1.54) is 5.56 Å². The lowest BCUT2D eigenvalue weighted by Gasteiger charge is -2.07. The van der Waals surface area contributed by atoms with Crippen molar-refractivity contribution >= 4 is 18.0 Å². The molecule has 0 radical (unpaired) electrons. The molecule has 5 nitrogen and oxygen atoms in total. The summed E-state index contributed by atoms with van der Waals surface area (Å²) in [5.41, 5.74) is 2.33. The highest BCUT2D eigenvalue weighted by atomic mass is 16.5. The van der Waals surface area contributed by atoms with Crippen molar-refractivity contribution in [2.24, 2.45) is 0 Å². The first-order chi connectivity index (χ1) is 11.7. The van der Waals surface area contributed by atoms with Gasteiger partial charge in [0.25, 0.3) is 5.91 Å². The minimum atomic E-state index is -0.500. The number of hydrogen-bond donors (Lipinski definition) is 2. The fraction of sp³-hybridized carbons (Fsp3) is 0.158. The topological polar surface area (TPSA) is 67.4 Å². The maximum Gasteiger partial charge on any atom is 0.326 e. The normalized spacial score (nSPS) is 15.2. The number of urea groups is 1. The Morgan fingerprint density at radius 2 is 1.79 bits per heavy atom. The third-order valence-corrected chi connectivity index (χ3v) is 3.61. The van der Waals surface area contributed by atoms with Crippen molar-refractivity contribution in [1.82, 2.24) is 10.6 Å². The van der Waals surface area contributed by atoms with Crippen LogP contribution in [0.1, 0.15) is 17.5 Å². The van der Waals surface area contributed by atoms with Crippen molar-refractivity contribution in [2.45, 2.75) is 12.8 Å². The van der Waals surface area contributed by atoms with Gasteiger partial charge < -0.3 is 10.1 Å². The molecule has 0 saturated carbocycles. The Morgan fingerprint density at radius 1 is 0.958 bits per heavy atom. The van der Waals surface area contributed by atoms with Crippen molar-refractivity contribution in [3.05, 3.63) is 71.4 Å². The molecular formula is C19H18N2O3. The molecule has 0 aromatic heterocycles. The molecular weight excluding hydrogens is 304 g/mol. The van der Waals surface area contributed by atoms with Crippen molar-refractivity contribution < 1.29 is 14.3 Å². The highest BCUT2D eigenvalue weighted by molar-refractivity contribution is 6.13. The quantitative estimate of drug-likeness (QED) is 0.488. The summed E-state index contributed by atoms with van der Waals surface area (Å²) in [4.78, 5) is 22.6. The van der Waals surface area contributed by atoms with Gasteiger partial charge in [-0.05, 0) is 42.2 Å². The lowest BCUT2D eigenvalue weighted by molar-refractivity contribution is -0.115. The van der Waals surface area contributed by atoms with Crippen LogP contribution in [0.5, 0.6) is 5.75 Å². The van der Waals surface area contributed by atoms with E-state index in [1.54, 1.807) is 6.08 Å². The molecule has 0 aliphatic carbocycles. The number of imide groups is 1.